The van der Waals surface area contributed by atoms with Gasteiger partial charge in [0.2, 0.25) is 0 Å². The van der Waals surface area contributed by atoms with E-state index in [9.17, 15) is 15.2 Å². The summed E-state index contributed by atoms with van der Waals surface area (Å²) in [5.41, 5.74) is 3.78. The van der Waals surface area contributed by atoms with Gasteiger partial charge >= 0.3 is 0 Å². The van der Waals surface area contributed by atoms with Crippen LogP contribution in [0.3, 0.4) is 0 Å². The number of aliphatic hydroxyl groups is 1. The van der Waals surface area contributed by atoms with Gasteiger partial charge in [0, 0.05) is 41.0 Å². The van der Waals surface area contributed by atoms with Crippen molar-refractivity contribution in [3.63, 3.8) is 0 Å². The Morgan fingerprint density at radius 3 is 2.84 bits per heavy atom. The summed E-state index contributed by atoms with van der Waals surface area (Å²) in [4.78, 5) is 24.4. The molecule has 0 spiro atoms. The number of nitrogens with one attached hydrogen (secondary N) is 2. The van der Waals surface area contributed by atoms with Gasteiger partial charge < -0.3 is 20.5 Å². The Kier molecular flexibility index (Phi) is 9.19. The highest BCUT2D eigenvalue weighted by Crippen LogP contribution is 2.30. The molecule has 1 unspecified atom stereocenters. The number of amides is 1. The third-order valence-corrected chi connectivity index (χ3v) is 8.05. The Balaban J connectivity index is 1.25. The molecule has 2 heterocycles. The molecule has 1 saturated heterocycles. The smallest absolute Gasteiger partial charge is 0.255 e. The third-order valence-electron chi connectivity index (χ3n) is 8.05. The predicted molar refractivity (Wildman–Crippen MR) is 169 cm³/mol. The molecule has 0 radical (unpaired) electrons. The molecule has 1 atom stereocenters. The van der Waals surface area contributed by atoms with Crippen molar-refractivity contribution in [2.75, 3.05) is 36.9 Å². The number of likely N-dealkylation sites (tertiary alicyclic amines) is 1. The van der Waals surface area contributed by atoms with Crippen molar-refractivity contribution in [2.45, 2.75) is 51.5 Å². The van der Waals surface area contributed by atoms with Crippen LogP contribution in [0.15, 0.2) is 67.0 Å². The number of fused-ring (bicyclic) bond motifs is 1. The van der Waals surface area contributed by atoms with Gasteiger partial charge in [-0.25, -0.2) is 9.97 Å². The minimum Gasteiger partial charge on any atom is -0.493 e. The van der Waals surface area contributed by atoms with Gasteiger partial charge in [-0.2, -0.15) is 5.26 Å². The van der Waals surface area contributed by atoms with E-state index in [1.807, 2.05) is 63.2 Å². The molecule has 1 aliphatic rings. The lowest BCUT2D eigenvalue weighted by Crippen LogP contribution is -2.33. The van der Waals surface area contributed by atoms with Crippen LogP contribution in [-0.4, -0.2) is 58.2 Å². The van der Waals surface area contributed by atoms with E-state index in [4.69, 9.17) is 4.74 Å². The van der Waals surface area contributed by atoms with Crippen molar-refractivity contribution in [1.82, 2.24) is 14.9 Å². The zero-order valence-electron chi connectivity index (χ0n) is 24.9. The van der Waals surface area contributed by atoms with E-state index in [1.165, 1.54) is 6.33 Å². The number of hydrogen-bond donors (Lipinski definition) is 3. The first-order valence-corrected chi connectivity index (χ1v) is 14.7. The number of aryl methyl sites for hydroxylation is 1. The molecule has 1 aromatic heterocycles. The van der Waals surface area contributed by atoms with Gasteiger partial charge in [-0.15, -0.1) is 0 Å². The second kappa shape index (κ2) is 13.2. The Morgan fingerprint density at radius 1 is 1.16 bits per heavy atom. The summed E-state index contributed by atoms with van der Waals surface area (Å²) in [5, 5.41) is 26.2. The Morgan fingerprint density at radius 2 is 2.02 bits per heavy atom. The normalized spacial score (nSPS) is 15.3. The van der Waals surface area contributed by atoms with Crippen molar-refractivity contribution in [3.05, 3.63) is 83.7 Å². The Bertz CT molecular complexity index is 1650. The van der Waals surface area contributed by atoms with Crippen LogP contribution in [0, 0.1) is 18.3 Å². The summed E-state index contributed by atoms with van der Waals surface area (Å²) in [6.45, 7) is 8.42. The Labute approximate surface area is 252 Å². The highest BCUT2D eigenvalue weighted by atomic mass is 16.5. The number of hydrogen-bond acceptors (Lipinski definition) is 8. The third kappa shape index (κ3) is 7.11. The molecule has 3 aromatic carbocycles. The molecule has 9 heteroatoms. The minimum atomic E-state index is -0.692. The number of nitriles is 1. The first-order valence-electron chi connectivity index (χ1n) is 14.7. The number of benzene rings is 3. The first-order chi connectivity index (χ1) is 20.8. The molecule has 4 aromatic rings. The second-order valence-electron chi connectivity index (χ2n) is 11.5. The Hall–Kier alpha value is -4.52. The fraction of sp³-hybridized carbons (Fsp3) is 0.353. The summed E-state index contributed by atoms with van der Waals surface area (Å²) >= 11 is 0. The number of ether oxygens (including phenoxy) is 1. The predicted octanol–water partition coefficient (Wildman–Crippen LogP) is 5.96. The molecule has 1 fully saturated rings. The lowest BCUT2D eigenvalue weighted by atomic mass is 9.85. The van der Waals surface area contributed by atoms with Crippen LogP contribution in [0.5, 0.6) is 5.75 Å². The summed E-state index contributed by atoms with van der Waals surface area (Å²) in [6.07, 6.45) is 4.62. The highest BCUT2D eigenvalue weighted by molar-refractivity contribution is 6.04. The molecule has 3 N–H and O–H groups in total. The molecule has 0 bridgehead atoms. The number of carbonyl (C=O) groups excluding carboxylic acids is 1. The van der Waals surface area contributed by atoms with Crippen LogP contribution in [0.2, 0.25) is 0 Å². The topological polar surface area (TPSA) is 123 Å². The molecule has 0 saturated carbocycles. The molecule has 5 rings (SSSR count). The first kappa shape index (κ1) is 30.0. The van der Waals surface area contributed by atoms with E-state index in [0.29, 0.717) is 23.7 Å². The van der Waals surface area contributed by atoms with E-state index in [2.05, 4.69) is 31.6 Å². The van der Waals surface area contributed by atoms with E-state index < -0.39 is 5.41 Å². The average molecular weight is 579 g/mol. The maximum atomic E-state index is 13.1. The number of nitrogens with zero attached hydrogens (tertiary/aromatic N) is 4. The van der Waals surface area contributed by atoms with Gasteiger partial charge in [0.05, 0.1) is 30.2 Å². The zero-order valence-corrected chi connectivity index (χ0v) is 24.9. The molecule has 222 valence electrons. The quantitative estimate of drug-likeness (QED) is 0.186. The van der Waals surface area contributed by atoms with Crippen molar-refractivity contribution < 1.29 is 14.6 Å². The maximum absolute atomic E-state index is 13.1. The summed E-state index contributed by atoms with van der Waals surface area (Å²) < 4.78 is 6.02. The SMILES string of the molecule is Cc1ccc(NC(=O)c2cccc(C(C)(C)C#N)c2)cc1Nc1ncnc2cc(OCCCN3CCCC3CO)ccc12. The van der Waals surface area contributed by atoms with Crippen LogP contribution in [0.4, 0.5) is 17.2 Å². The monoisotopic (exact) mass is 578 g/mol. The number of carbonyl (C=O) groups is 1. The molecule has 9 nitrogen and oxygen atoms in total. The second-order valence-corrected chi connectivity index (χ2v) is 11.5. The number of anilines is 3. The van der Waals surface area contributed by atoms with Gasteiger partial charge in [0.25, 0.3) is 5.91 Å². The van der Waals surface area contributed by atoms with Gasteiger partial charge in [0.1, 0.15) is 17.9 Å². The summed E-state index contributed by atoms with van der Waals surface area (Å²) in [6, 6.07) is 21.2. The molecule has 1 amide bonds. The average Bonchev–Trinajstić information content (AvgIpc) is 3.48. The van der Waals surface area contributed by atoms with E-state index >= 15 is 0 Å². The van der Waals surface area contributed by atoms with Gasteiger partial charge in [-0.05, 0) is 94.1 Å². The van der Waals surface area contributed by atoms with Crippen LogP contribution in [-0.2, 0) is 5.41 Å². The fourth-order valence-electron chi connectivity index (χ4n) is 5.36. The lowest BCUT2D eigenvalue weighted by Gasteiger charge is -2.22. The molecular weight excluding hydrogens is 540 g/mol. The van der Waals surface area contributed by atoms with Gasteiger partial charge in [0.15, 0.2) is 0 Å². The maximum Gasteiger partial charge on any atom is 0.255 e. The van der Waals surface area contributed by atoms with Crippen molar-refractivity contribution >= 4 is 34.0 Å². The van der Waals surface area contributed by atoms with Gasteiger partial charge in [-0.1, -0.05) is 18.2 Å². The molecule has 1 aliphatic heterocycles. The minimum absolute atomic E-state index is 0.220. The van der Waals surface area contributed by atoms with Crippen LogP contribution in [0.25, 0.3) is 10.9 Å². The van der Waals surface area contributed by atoms with Crippen LogP contribution < -0.4 is 15.4 Å². The van der Waals surface area contributed by atoms with E-state index in [-0.39, 0.29) is 18.6 Å². The van der Waals surface area contributed by atoms with Crippen molar-refractivity contribution in [1.29, 1.82) is 5.26 Å². The van der Waals surface area contributed by atoms with Crippen LogP contribution >= 0.6 is 0 Å². The zero-order chi connectivity index (χ0) is 30.4. The molecule has 43 heavy (non-hydrogen) atoms. The molecule has 0 aliphatic carbocycles. The number of rotatable bonds is 11. The standard InChI is InChI=1S/C34H38N6O3/c1-23-10-11-26(38-33(42)24-7-4-8-25(17-24)34(2,3)21-35)18-30(23)39-32-29-13-12-28(19-31(29)36-22-37-32)43-16-6-15-40-14-5-9-27(40)20-41/h4,7-8,10-13,17-19,22,27,41H,5-6,9,14-16,20H2,1-3H3,(H,38,42)(H,36,37,39). The largest absolute Gasteiger partial charge is 0.493 e. The highest BCUT2D eigenvalue weighted by Gasteiger charge is 2.23. The number of aliphatic hydroxyl groups excluding tert-OH is 1. The number of aromatic nitrogens is 2. The summed E-state index contributed by atoms with van der Waals surface area (Å²) in [7, 11) is 0. The van der Waals surface area contributed by atoms with Gasteiger partial charge in [-0.3, -0.25) is 9.69 Å². The van der Waals surface area contributed by atoms with Crippen molar-refractivity contribution in [3.8, 4) is 11.8 Å². The van der Waals surface area contributed by atoms with E-state index in [0.717, 1.165) is 65.8 Å². The summed E-state index contributed by atoms with van der Waals surface area (Å²) in [5.74, 6) is 1.15. The lowest BCUT2D eigenvalue weighted by molar-refractivity contribution is 0.102. The van der Waals surface area contributed by atoms with Crippen molar-refractivity contribution in [2.24, 2.45) is 0 Å². The van der Waals surface area contributed by atoms with Crippen LogP contribution in [0.1, 0.15) is 54.6 Å². The molecular formula is C34H38N6O3. The van der Waals surface area contributed by atoms with E-state index in [1.54, 1.807) is 18.2 Å². The fourth-order valence-corrected chi connectivity index (χ4v) is 5.36.